The Morgan fingerprint density at radius 3 is 1.13 bits per heavy atom. The second-order valence-electron chi connectivity index (χ2n) is 10.4. The Bertz CT molecular complexity index is 714. The molecule has 0 atom stereocenters. The van der Waals surface area contributed by atoms with E-state index in [2.05, 4.69) is 65.7 Å². The molecule has 0 amide bonds. The first-order valence-corrected chi connectivity index (χ1v) is 10.9. The smallest absolute Gasteiger partial charge is 0.127 e. The lowest BCUT2D eigenvalue weighted by Crippen LogP contribution is -2.33. The van der Waals surface area contributed by atoms with Gasteiger partial charge in [0.05, 0.1) is 13.2 Å². The summed E-state index contributed by atoms with van der Waals surface area (Å²) in [7, 11) is 8.33. The molecule has 0 unspecified atom stereocenters. The molecule has 0 spiro atoms. The summed E-state index contributed by atoms with van der Waals surface area (Å²) in [6.45, 7) is 12.1. The summed E-state index contributed by atoms with van der Waals surface area (Å²) in [6, 6.07) is 15.5. The van der Waals surface area contributed by atoms with Crippen LogP contribution >= 0.6 is 0 Å². The van der Waals surface area contributed by atoms with E-state index in [1.165, 1.54) is 0 Å². The average Bonchev–Trinajstić information content (AvgIpc) is 2.65. The number of rotatable bonds is 12. The predicted octanol–water partition coefficient (Wildman–Crippen LogP) is 5.41. The van der Waals surface area contributed by atoms with Gasteiger partial charge in [-0.15, -0.1) is 0 Å². The summed E-state index contributed by atoms with van der Waals surface area (Å²) in [6.07, 6.45) is 0. The predicted molar refractivity (Wildman–Crippen MR) is 129 cm³/mol. The molecule has 2 aromatic rings. The molecule has 0 heterocycles. The van der Waals surface area contributed by atoms with Gasteiger partial charge >= 0.3 is 0 Å². The van der Waals surface area contributed by atoms with Crippen molar-refractivity contribution in [2.45, 2.75) is 27.7 Å². The third-order valence-electron chi connectivity index (χ3n) is 4.63. The number of nitrogens with zero attached hydrogens (tertiary/aromatic N) is 2. The molecule has 2 rings (SSSR count). The van der Waals surface area contributed by atoms with E-state index in [0.717, 1.165) is 36.1 Å². The minimum Gasteiger partial charge on any atom is -0.493 e. The normalized spacial score (nSPS) is 12.3. The van der Waals surface area contributed by atoms with Crippen molar-refractivity contribution in [2.24, 2.45) is 10.8 Å². The van der Waals surface area contributed by atoms with Crippen molar-refractivity contribution < 1.29 is 14.2 Å². The van der Waals surface area contributed by atoms with Crippen molar-refractivity contribution in [1.82, 2.24) is 9.80 Å². The van der Waals surface area contributed by atoms with Gasteiger partial charge in [0.1, 0.15) is 23.0 Å². The van der Waals surface area contributed by atoms with Crippen LogP contribution in [-0.2, 0) is 0 Å². The highest BCUT2D eigenvalue weighted by Gasteiger charge is 2.20. The molecule has 0 aliphatic carbocycles. The number of hydrogen-bond donors (Lipinski definition) is 0. The molecule has 0 radical (unpaired) electrons. The largest absolute Gasteiger partial charge is 0.493 e. The molecule has 0 saturated heterocycles. The van der Waals surface area contributed by atoms with E-state index < -0.39 is 0 Å². The monoisotopic (exact) mass is 428 g/mol. The van der Waals surface area contributed by atoms with Gasteiger partial charge in [-0.1, -0.05) is 27.7 Å². The highest BCUT2D eigenvalue weighted by atomic mass is 16.5. The summed E-state index contributed by atoms with van der Waals surface area (Å²) in [5.41, 5.74) is 0.175. The number of ether oxygens (including phenoxy) is 3. The van der Waals surface area contributed by atoms with Crippen molar-refractivity contribution in [1.29, 1.82) is 0 Å². The van der Waals surface area contributed by atoms with Gasteiger partial charge in [0.15, 0.2) is 0 Å². The molecule has 0 aromatic heterocycles. The lowest BCUT2D eigenvalue weighted by molar-refractivity contribution is 0.141. The maximum atomic E-state index is 5.97. The van der Waals surface area contributed by atoms with Crippen LogP contribution in [0.2, 0.25) is 0 Å². The zero-order valence-corrected chi connectivity index (χ0v) is 20.6. The van der Waals surface area contributed by atoms with E-state index in [1.54, 1.807) is 0 Å². The molecule has 0 aliphatic heterocycles. The molecule has 0 saturated carbocycles. The summed E-state index contributed by atoms with van der Waals surface area (Å²) >= 11 is 0. The lowest BCUT2D eigenvalue weighted by Gasteiger charge is -2.28. The topological polar surface area (TPSA) is 34.2 Å². The van der Waals surface area contributed by atoms with Crippen LogP contribution in [0.5, 0.6) is 23.0 Å². The molecule has 5 heteroatoms. The van der Waals surface area contributed by atoms with Crippen LogP contribution in [0, 0.1) is 10.8 Å². The van der Waals surface area contributed by atoms with E-state index >= 15 is 0 Å². The molecular weight excluding hydrogens is 388 g/mol. The lowest BCUT2D eigenvalue weighted by atomic mass is 9.94. The first-order valence-electron chi connectivity index (χ1n) is 10.9. The van der Waals surface area contributed by atoms with E-state index in [9.17, 15) is 0 Å². The third kappa shape index (κ3) is 9.62. The Balaban J connectivity index is 1.85. The standard InChI is InChI=1S/C26H40N2O3/c1-25(2,17-27(5)6)19-29-21-9-13-23(14-10-21)31-24-15-11-22(12-16-24)30-20-26(3,4)18-28(7)8/h9-16H,17-20H2,1-8H3. The molecule has 31 heavy (non-hydrogen) atoms. The maximum absolute atomic E-state index is 5.97. The summed E-state index contributed by atoms with van der Waals surface area (Å²) in [4.78, 5) is 4.36. The summed E-state index contributed by atoms with van der Waals surface area (Å²) < 4.78 is 17.9. The highest BCUT2D eigenvalue weighted by molar-refractivity contribution is 5.37. The quantitative estimate of drug-likeness (QED) is 0.451. The fraction of sp³-hybridized carbons (Fsp3) is 0.538. The van der Waals surface area contributed by atoms with Crippen molar-refractivity contribution in [3.05, 3.63) is 48.5 Å². The van der Waals surface area contributed by atoms with Crippen LogP contribution in [0.3, 0.4) is 0 Å². The van der Waals surface area contributed by atoms with Crippen LogP contribution in [0.1, 0.15) is 27.7 Å². The summed E-state index contributed by atoms with van der Waals surface area (Å²) in [5.74, 6) is 3.26. The van der Waals surface area contributed by atoms with Gasteiger partial charge in [-0.2, -0.15) is 0 Å². The van der Waals surface area contributed by atoms with Gasteiger partial charge in [-0.05, 0) is 76.7 Å². The molecule has 0 fully saturated rings. The fourth-order valence-electron chi connectivity index (χ4n) is 3.70. The van der Waals surface area contributed by atoms with E-state index in [-0.39, 0.29) is 10.8 Å². The number of benzene rings is 2. The third-order valence-corrected chi connectivity index (χ3v) is 4.63. The zero-order valence-electron chi connectivity index (χ0n) is 20.6. The molecule has 0 aliphatic rings. The van der Waals surface area contributed by atoms with Crippen molar-refractivity contribution in [2.75, 3.05) is 54.5 Å². The van der Waals surface area contributed by atoms with Gasteiger partial charge < -0.3 is 24.0 Å². The van der Waals surface area contributed by atoms with E-state index in [4.69, 9.17) is 14.2 Å². The van der Waals surface area contributed by atoms with Crippen LogP contribution in [0.4, 0.5) is 0 Å². The highest BCUT2D eigenvalue weighted by Crippen LogP contribution is 2.27. The minimum atomic E-state index is 0.0875. The first kappa shape index (κ1) is 25.0. The van der Waals surface area contributed by atoms with Crippen molar-refractivity contribution in [3.63, 3.8) is 0 Å². The van der Waals surface area contributed by atoms with E-state index in [1.807, 2.05) is 48.5 Å². The Labute approximate surface area is 188 Å². The van der Waals surface area contributed by atoms with Crippen LogP contribution < -0.4 is 14.2 Å². The molecule has 0 N–H and O–H groups in total. The van der Waals surface area contributed by atoms with Crippen LogP contribution in [-0.4, -0.2) is 64.3 Å². The SMILES string of the molecule is CN(C)CC(C)(C)COc1ccc(Oc2ccc(OCC(C)(C)CN(C)C)cc2)cc1. The Morgan fingerprint density at radius 1 is 0.548 bits per heavy atom. The molecule has 0 bridgehead atoms. The Morgan fingerprint density at radius 2 is 0.839 bits per heavy atom. The minimum absolute atomic E-state index is 0.0875. The van der Waals surface area contributed by atoms with Crippen LogP contribution in [0.25, 0.3) is 0 Å². The van der Waals surface area contributed by atoms with Gasteiger partial charge in [0.25, 0.3) is 0 Å². The zero-order chi connectivity index (χ0) is 23.1. The Hall–Kier alpha value is -2.24. The van der Waals surface area contributed by atoms with Gasteiger partial charge in [-0.25, -0.2) is 0 Å². The average molecular weight is 429 g/mol. The number of hydrogen-bond acceptors (Lipinski definition) is 5. The molecule has 172 valence electrons. The van der Waals surface area contributed by atoms with Crippen molar-refractivity contribution >= 4 is 0 Å². The summed E-state index contributed by atoms with van der Waals surface area (Å²) in [5, 5.41) is 0. The second-order valence-corrected chi connectivity index (χ2v) is 10.4. The first-order chi connectivity index (χ1) is 14.4. The second kappa shape index (κ2) is 10.9. The van der Waals surface area contributed by atoms with E-state index in [0.29, 0.717) is 13.2 Å². The molecular formula is C26H40N2O3. The Kier molecular flexibility index (Phi) is 8.78. The van der Waals surface area contributed by atoms with Crippen LogP contribution in [0.15, 0.2) is 48.5 Å². The van der Waals surface area contributed by atoms with Gasteiger partial charge in [0, 0.05) is 23.9 Å². The van der Waals surface area contributed by atoms with Gasteiger partial charge in [-0.3, -0.25) is 0 Å². The molecule has 2 aromatic carbocycles. The van der Waals surface area contributed by atoms with Crippen molar-refractivity contribution in [3.8, 4) is 23.0 Å². The maximum Gasteiger partial charge on any atom is 0.127 e. The van der Waals surface area contributed by atoms with Gasteiger partial charge in [0.2, 0.25) is 0 Å². The fourth-order valence-corrected chi connectivity index (χ4v) is 3.70. The molecule has 5 nitrogen and oxygen atoms in total.